The molecular formula is C15H11Zr-. The smallest absolute Gasteiger partial charge is 0 e. The molecule has 0 aliphatic heterocycles. The maximum absolute atomic E-state index is 2.24. The molecule has 3 aromatic carbocycles. The van der Waals surface area contributed by atoms with E-state index in [0.717, 1.165) is 0 Å². The second-order valence-electron chi connectivity index (χ2n) is 3.74. The third kappa shape index (κ3) is 2.06. The van der Waals surface area contributed by atoms with Gasteiger partial charge in [-0.3, -0.25) is 0 Å². The quantitative estimate of drug-likeness (QED) is 0.586. The van der Waals surface area contributed by atoms with Crippen LogP contribution in [0.2, 0.25) is 0 Å². The Morgan fingerprint density at radius 1 is 0.750 bits per heavy atom. The standard InChI is InChI=1S/C15H11.Zr/c1-2-6-12(7-3-1)15-10-13-8-4-5-9-14(13)11-15;/h1-11H;/q-1;. The first kappa shape index (κ1) is 11.4. The van der Waals surface area contributed by atoms with Gasteiger partial charge < -0.3 is 0 Å². The van der Waals surface area contributed by atoms with Crippen molar-refractivity contribution in [3.8, 4) is 11.1 Å². The summed E-state index contributed by atoms with van der Waals surface area (Å²) in [7, 11) is 0. The van der Waals surface area contributed by atoms with Crippen LogP contribution in [0.3, 0.4) is 0 Å². The van der Waals surface area contributed by atoms with E-state index in [1.165, 1.54) is 21.9 Å². The Hall–Kier alpha value is -1.07. The fraction of sp³-hybridized carbons (Fsp3) is 0. The van der Waals surface area contributed by atoms with Crippen LogP contribution in [0, 0.1) is 0 Å². The van der Waals surface area contributed by atoms with Gasteiger partial charge in [0.2, 0.25) is 0 Å². The zero-order chi connectivity index (χ0) is 10.1. The predicted octanol–water partition coefficient (Wildman–Crippen LogP) is 4.22. The van der Waals surface area contributed by atoms with E-state index in [1.807, 2.05) is 6.07 Å². The second kappa shape index (κ2) is 4.84. The monoisotopic (exact) mass is 281 g/mol. The van der Waals surface area contributed by atoms with Crippen LogP contribution in [0.4, 0.5) is 0 Å². The van der Waals surface area contributed by atoms with E-state index >= 15 is 0 Å². The largest absolute Gasteiger partial charge is 0.145 e. The topological polar surface area (TPSA) is 0 Å². The summed E-state index contributed by atoms with van der Waals surface area (Å²) in [6, 6.07) is 23.4. The van der Waals surface area contributed by atoms with Crippen molar-refractivity contribution >= 4 is 10.8 Å². The van der Waals surface area contributed by atoms with Gasteiger partial charge in [-0.25, -0.2) is 0 Å². The third-order valence-corrected chi connectivity index (χ3v) is 2.73. The molecule has 0 aromatic heterocycles. The van der Waals surface area contributed by atoms with Crippen LogP contribution in [0.5, 0.6) is 0 Å². The number of benzene rings is 2. The van der Waals surface area contributed by atoms with E-state index in [9.17, 15) is 0 Å². The molecule has 0 fully saturated rings. The van der Waals surface area contributed by atoms with Gasteiger partial charge in [0.1, 0.15) is 0 Å². The van der Waals surface area contributed by atoms with Gasteiger partial charge in [0.15, 0.2) is 0 Å². The van der Waals surface area contributed by atoms with Crippen molar-refractivity contribution in [3.05, 3.63) is 66.7 Å². The summed E-state index contributed by atoms with van der Waals surface area (Å²) >= 11 is 0. The first-order valence-electron chi connectivity index (χ1n) is 5.14. The Labute approximate surface area is 114 Å². The Morgan fingerprint density at radius 3 is 2.19 bits per heavy atom. The molecule has 0 N–H and O–H groups in total. The molecule has 0 aliphatic carbocycles. The average molecular weight is 282 g/mol. The number of rotatable bonds is 1. The molecule has 0 aliphatic rings. The molecule has 0 nitrogen and oxygen atoms in total. The first-order valence-corrected chi connectivity index (χ1v) is 5.14. The SMILES string of the molecule is [Zr].c1ccc(-c2cc3ccccc3[cH-]2)cc1. The minimum absolute atomic E-state index is 0. The molecule has 0 saturated heterocycles. The molecular weight excluding hydrogens is 271 g/mol. The molecule has 0 bridgehead atoms. The molecule has 3 aromatic rings. The van der Waals surface area contributed by atoms with Crippen molar-refractivity contribution in [1.29, 1.82) is 0 Å². The van der Waals surface area contributed by atoms with Crippen molar-refractivity contribution in [2.75, 3.05) is 0 Å². The van der Waals surface area contributed by atoms with Crippen molar-refractivity contribution in [1.82, 2.24) is 0 Å². The zero-order valence-electron chi connectivity index (χ0n) is 8.85. The molecule has 76 valence electrons. The van der Waals surface area contributed by atoms with Gasteiger partial charge >= 0.3 is 0 Å². The summed E-state index contributed by atoms with van der Waals surface area (Å²) in [5, 5.41) is 2.63. The van der Waals surface area contributed by atoms with Gasteiger partial charge in [-0.2, -0.15) is 0 Å². The number of hydrogen-bond acceptors (Lipinski definition) is 0. The summed E-state index contributed by atoms with van der Waals surface area (Å²) in [6.45, 7) is 0. The molecule has 0 spiro atoms. The molecule has 3 rings (SSSR count). The van der Waals surface area contributed by atoms with Crippen LogP contribution in [0.15, 0.2) is 66.7 Å². The summed E-state index contributed by atoms with van der Waals surface area (Å²) < 4.78 is 0. The second-order valence-corrected chi connectivity index (χ2v) is 3.74. The Balaban J connectivity index is 0.000000963. The average Bonchev–Trinajstić information content (AvgIpc) is 2.74. The third-order valence-electron chi connectivity index (χ3n) is 2.73. The fourth-order valence-electron chi connectivity index (χ4n) is 1.95. The van der Waals surface area contributed by atoms with Gasteiger partial charge in [0.05, 0.1) is 0 Å². The van der Waals surface area contributed by atoms with Crippen LogP contribution in [-0.2, 0) is 26.2 Å². The minimum atomic E-state index is 0. The molecule has 0 saturated carbocycles. The van der Waals surface area contributed by atoms with Crippen LogP contribution < -0.4 is 0 Å². The predicted molar refractivity (Wildman–Crippen MR) is 65.0 cm³/mol. The van der Waals surface area contributed by atoms with Crippen molar-refractivity contribution in [3.63, 3.8) is 0 Å². The van der Waals surface area contributed by atoms with Gasteiger partial charge in [-0.15, -0.1) is 34.5 Å². The molecule has 0 unspecified atom stereocenters. The van der Waals surface area contributed by atoms with Gasteiger partial charge in [-0.1, -0.05) is 54.1 Å². The van der Waals surface area contributed by atoms with E-state index in [1.54, 1.807) is 0 Å². The summed E-state index contributed by atoms with van der Waals surface area (Å²) in [5.74, 6) is 0. The minimum Gasteiger partial charge on any atom is -0.145 e. The fourth-order valence-corrected chi connectivity index (χ4v) is 1.95. The molecule has 0 heterocycles. The Kier molecular flexibility index (Phi) is 3.46. The first-order chi connectivity index (χ1) is 7.43. The summed E-state index contributed by atoms with van der Waals surface area (Å²) in [4.78, 5) is 0. The molecule has 16 heavy (non-hydrogen) atoms. The van der Waals surface area contributed by atoms with E-state index < -0.39 is 0 Å². The number of fused-ring (bicyclic) bond motifs is 1. The van der Waals surface area contributed by atoms with E-state index in [4.69, 9.17) is 0 Å². The molecule has 0 atom stereocenters. The van der Waals surface area contributed by atoms with Crippen LogP contribution >= 0.6 is 0 Å². The van der Waals surface area contributed by atoms with E-state index in [2.05, 4.69) is 60.7 Å². The Bertz CT molecular complexity index is 545. The van der Waals surface area contributed by atoms with E-state index in [0.29, 0.717) is 0 Å². The summed E-state index contributed by atoms with van der Waals surface area (Å²) in [6.07, 6.45) is 0. The molecule has 0 radical (unpaired) electrons. The van der Waals surface area contributed by atoms with E-state index in [-0.39, 0.29) is 26.2 Å². The van der Waals surface area contributed by atoms with Crippen molar-refractivity contribution in [2.24, 2.45) is 0 Å². The van der Waals surface area contributed by atoms with Crippen LogP contribution in [0.1, 0.15) is 0 Å². The van der Waals surface area contributed by atoms with Crippen LogP contribution in [0.25, 0.3) is 21.9 Å². The van der Waals surface area contributed by atoms with Gasteiger partial charge in [0, 0.05) is 26.2 Å². The maximum atomic E-state index is 2.24. The van der Waals surface area contributed by atoms with Crippen molar-refractivity contribution < 1.29 is 26.2 Å². The van der Waals surface area contributed by atoms with Crippen molar-refractivity contribution in [2.45, 2.75) is 0 Å². The maximum Gasteiger partial charge on any atom is 0 e. The summed E-state index contributed by atoms with van der Waals surface area (Å²) in [5.41, 5.74) is 2.59. The van der Waals surface area contributed by atoms with Gasteiger partial charge in [-0.05, 0) is 0 Å². The van der Waals surface area contributed by atoms with Gasteiger partial charge in [0.25, 0.3) is 0 Å². The molecule has 1 heteroatoms. The number of hydrogen-bond donors (Lipinski definition) is 0. The molecule has 0 amide bonds. The van der Waals surface area contributed by atoms with Crippen LogP contribution in [-0.4, -0.2) is 0 Å². The zero-order valence-corrected chi connectivity index (χ0v) is 11.3. The normalized spacial score (nSPS) is 10.0. The Morgan fingerprint density at radius 2 is 1.44 bits per heavy atom.